The standard InChI is InChI=1S/C12H15BrN2O/c13-11-4-1-3-9-7-10(16-12(9)11)8-15-6-2-5-14/h1,3-4,7,15H,2,5-6,8,14H2. The Morgan fingerprint density at radius 3 is 3.00 bits per heavy atom. The summed E-state index contributed by atoms with van der Waals surface area (Å²) in [6.45, 7) is 2.40. The van der Waals surface area contributed by atoms with E-state index in [2.05, 4.69) is 27.3 Å². The van der Waals surface area contributed by atoms with E-state index in [0.29, 0.717) is 0 Å². The molecule has 86 valence electrons. The molecule has 0 amide bonds. The van der Waals surface area contributed by atoms with Crippen LogP contribution < -0.4 is 11.1 Å². The SMILES string of the molecule is NCCCNCc1cc2cccc(Br)c2o1. The van der Waals surface area contributed by atoms with Gasteiger partial charge in [0.25, 0.3) is 0 Å². The first-order valence-corrected chi connectivity index (χ1v) is 6.18. The van der Waals surface area contributed by atoms with Gasteiger partial charge in [0.15, 0.2) is 0 Å². The molecule has 0 bridgehead atoms. The van der Waals surface area contributed by atoms with Crippen molar-refractivity contribution in [2.45, 2.75) is 13.0 Å². The van der Waals surface area contributed by atoms with Crippen molar-refractivity contribution < 1.29 is 4.42 Å². The van der Waals surface area contributed by atoms with E-state index >= 15 is 0 Å². The van der Waals surface area contributed by atoms with Gasteiger partial charge in [0, 0.05) is 5.39 Å². The van der Waals surface area contributed by atoms with E-state index in [9.17, 15) is 0 Å². The third-order valence-corrected chi connectivity index (χ3v) is 3.03. The molecule has 0 unspecified atom stereocenters. The highest BCUT2D eigenvalue weighted by Gasteiger charge is 2.05. The van der Waals surface area contributed by atoms with Crippen molar-refractivity contribution in [3.8, 4) is 0 Å². The molecule has 4 heteroatoms. The molecule has 0 fully saturated rings. The molecule has 0 saturated carbocycles. The molecule has 0 saturated heterocycles. The number of nitrogens with two attached hydrogens (primary N) is 1. The summed E-state index contributed by atoms with van der Waals surface area (Å²) in [7, 11) is 0. The number of hydrogen-bond acceptors (Lipinski definition) is 3. The van der Waals surface area contributed by atoms with Gasteiger partial charge < -0.3 is 15.5 Å². The Balaban J connectivity index is 2.05. The van der Waals surface area contributed by atoms with Crippen molar-refractivity contribution in [3.05, 3.63) is 34.5 Å². The zero-order valence-corrected chi connectivity index (χ0v) is 10.6. The lowest BCUT2D eigenvalue weighted by Crippen LogP contribution is -2.17. The molecule has 0 atom stereocenters. The van der Waals surface area contributed by atoms with Crippen LogP contribution >= 0.6 is 15.9 Å². The first-order valence-electron chi connectivity index (χ1n) is 5.39. The van der Waals surface area contributed by atoms with Crippen LogP contribution in [0, 0.1) is 0 Å². The minimum absolute atomic E-state index is 0.721. The second-order valence-corrected chi connectivity index (χ2v) is 4.54. The van der Waals surface area contributed by atoms with Crippen LogP contribution in [0.1, 0.15) is 12.2 Å². The van der Waals surface area contributed by atoms with Crippen LogP contribution in [0.2, 0.25) is 0 Å². The van der Waals surface area contributed by atoms with Crippen LogP contribution in [0.25, 0.3) is 11.0 Å². The van der Waals surface area contributed by atoms with Gasteiger partial charge in [0.2, 0.25) is 0 Å². The third kappa shape index (κ3) is 2.64. The molecular formula is C12H15BrN2O. The third-order valence-electron chi connectivity index (χ3n) is 2.40. The van der Waals surface area contributed by atoms with Crippen LogP contribution in [0.5, 0.6) is 0 Å². The second kappa shape index (κ2) is 5.48. The number of hydrogen-bond donors (Lipinski definition) is 2. The summed E-state index contributed by atoms with van der Waals surface area (Å²) < 4.78 is 6.74. The minimum atomic E-state index is 0.721. The molecular weight excluding hydrogens is 268 g/mol. The van der Waals surface area contributed by atoms with Crippen molar-refractivity contribution in [2.24, 2.45) is 5.73 Å². The number of halogens is 1. The summed E-state index contributed by atoms with van der Waals surface area (Å²) in [4.78, 5) is 0. The predicted molar refractivity (Wildman–Crippen MR) is 69.3 cm³/mol. The smallest absolute Gasteiger partial charge is 0.148 e. The summed E-state index contributed by atoms with van der Waals surface area (Å²) in [6, 6.07) is 8.10. The lowest BCUT2D eigenvalue weighted by molar-refractivity contribution is 0.510. The Kier molecular flexibility index (Phi) is 3.98. The maximum Gasteiger partial charge on any atom is 0.148 e. The van der Waals surface area contributed by atoms with Gasteiger partial charge >= 0.3 is 0 Å². The summed E-state index contributed by atoms with van der Waals surface area (Å²) in [6.07, 6.45) is 0.990. The fourth-order valence-electron chi connectivity index (χ4n) is 1.61. The van der Waals surface area contributed by atoms with E-state index in [-0.39, 0.29) is 0 Å². The highest BCUT2D eigenvalue weighted by atomic mass is 79.9. The Morgan fingerprint density at radius 1 is 1.38 bits per heavy atom. The number of furan rings is 1. The highest BCUT2D eigenvalue weighted by molar-refractivity contribution is 9.10. The van der Waals surface area contributed by atoms with Gasteiger partial charge in [0.05, 0.1) is 11.0 Å². The van der Waals surface area contributed by atoms with Crippen LogP contribution in [0.3, 0.4) is 0 Å². The molecule has 3 nitrogen and oxygen atoms in total. The van der Waals surface area contributed by atoms with E-state index in [4.69, 9.17) is 10.2 Å². The first-order chi connectivity index (χ1) is 7.81. The van der Waals surface area contributed by atoms with Crippen molar-refractivity contribution in [1.29, 1.82) is 0 Å². The van der Waals surface area contributed by atoms with Gasteiger partial charge in [-0.05, 0) is 47.6 Å². The van der Waals surface area contributed by atoms with Gasteiger partial charge in [-0.15, -0.1) is 0 Å². The Labute approximate surface area is 103 Å². The van der Waals surface area contributed by atoms with Crippen LogP contribution in [-0.2, 0) is 6.54 Å². The maximum absolute atomic E-state index is 5.74. The summed E-state index contributed by atoms with van der Waals surface area (Å²) >= 11 is 3.47. The Hall–Kier alpha value is -0.840. The zero-order chi connectivity index (χ0) is 11.4. The maximum atomic E-state index is 5.74. The molecule has 0 aliphatic carbocycles. The molecule has 0 aliphatic rings. The van der Waals surface area contributed by atoms with E-state index in [1.807, 2.05) is 18.2 Å². The highest BCUT2D eigenvalue weighted by Crippen LogP contribution is 2.26. The number of fused-ring (bicyclic) bond motifs is 1. The summed E-state index contributed by atoms with van der Waals surface area (Å²) in [5.41, 5.74) is 6.33. The summed E-state index contributed by atoms with van der Waals surface area (Å²) in [5, 5.41) is 4.42. The fraction of sp³-hybridized carbons (Fsp3) is 0.333. The molecule has 16 heavy (non-hydrogen) atoms. The fourth-order valence-corrected chi connectivity index (χ4v) is 2.07. The zero-order valence-electron chi connectivity index (χ0n) is 9.00. The molecule has 2 aromatic rings. The van der Waals surface area contributed by atoms with Gasteiger partial charge in [-0.3, -0.25) is 0 Å². The number of nitrogens with one attached hydrogen (secondary N) is 1. The first kappa shape index (κ1) is 11.6. The van der Waals surface area contributed by atoms with Crippen molar-refractivity contribution in [1.82, 2.24) is 5.32 Å². The number of para-hydroxylation sites is 1. The Morgan fingerprint density at radius 2 is 2.25 bits per heavy atom. The van der Waals surface area contributed by atoms with Gasteiger partial charge in [-0.2, -0.15) is 0 Å². The van der Waals surface area contributed by atoms with E-state index in [0.717, 1.165) is 47.3 Å². The molecule has 1 aromatic heterocycles. The van der Waals surface area contributed by atoms with Gasteiger partial charge in [-0.25, -0.2) is 0 Å². The minimum Gasteiger partial charge on any atom is -0.459 e. The van der Waals surface area contributed by atoms with Gasteiger partial charge in [-0.1, -0.05) is 12.1 Å². The average molecular weight is 283 g/mol. The normalized spacial score (nSPS) is 11.1. The molecule has 2 rings (SSSR count). The van der Waals surface area contributed by atoms with Crippen molar-refractivity contribution in [2.75, 3.05) is 13.1 Å². The number of rotatable bonds is 5. The lowest BCUT2D eigenvalue weighted by Gasteiger charge is -1.99. The monoisotopic (exact) mass is 282 g/mol. The summed E-state index contributed by atoms with van der Waals surface area (Å²) in [5.74, 6) is 0.957. The lowest BCUT2D eigenvalue weighted by atomic mass is 10.2. The largest absolute Gasteiger partial charge is 0.459 e. The van der Waals surface area contributed by atoms with E-state index in [1.165, 1.54) is 0 Å². The number of benzene rings is 1. The van der Waals surface area contributed by atoms with Crippen LogP contribution in [0.15, 0.2) is 33.2 Å². The molecule has 1 aromatic carbocycles. The van der Waals surface area contributed by atoms with Crippen LogP contribution in [0.4, 0.5) is 0 Å². The molecule has 3 N–H and O–H groups in total. The topological polar surface area (TPSA) is 51.2 Å². The second-order valence-electron chi connectivity index (χ2n) is 3.69. The predicted octanol–water partition coefficient (Wildman–Crippen LogP) is 2.63. The van der Waals surface area contributed by atoms with E-state index < -0.39 is 0 Å². The molecule has 0 radical (unpaired) electrons. The molecule has 0 spiro atoms. The van der Waals surface area contributed by atoms with Crippen molar-refractivity contribution >= 4 is 26.9 Å². The molecule has 0 aliphatic heterocycles. The Bertz CT molecular complexity index is 467. The van der Waals surface area contributed by atoms with E-state index in [1.54, 1.807) is 0 Å². The van der Waals surface area contributed by atoms with Crippen LogP contribution in [-0.4, -0.2) is 13.1 Å². The average Bonchev–Trinajstić information content (AvgIpc) is 2.69. The van der Waals surface area contributed by atoms with Gasteiger partial charge in [0.1, 0.15) is 11.3 Å². The quantitative estimate of drug-likeness (QED) is 0.829. The van der Waals surface area contributed by atoms with Crippen molar-refractivity contribution in [3.63, 3.8) is 0 Å². The molecule has 1 heterocycles.